The second kappa shape index (κ2) is 8.52. The summed E-state index contributed by atoms with van der Waals surface area (Å²) in [5.41, 5.74) is 0.573. The minimum atomic E-state index is -0.359. The number of aryl methyl sites for hydroxylation is 1. The predicted octanol–water partition coefficient (Wildman–Crippen LogP) is 1.87. The lowest BCUT2D eigenvalue weighted by atomic mass is 10.2. The molecule has 0 N–H and O–H groups in total. The highest BCUT2D eigenvalue weighted by atomic mass is 16.5. The SMILES string of the molecule is COC(=O)N1CCCN(C(=O)c2ccc(OCc3noc(C)n3)cc2)CC1. The first-order valence-corrected chi connectivity index (χ1v) is 8.71. The smallest absolute Gasteiger partial charge is 0.409 e. The van der Waals surface area contributed by atoms with E-state index in [4.69, 9.17) is 14.0 Å². The molecule has 2 heterocycles. The summed E-state index contributed by atoms with van der Waals surface area (Å²) >= 11 is 0. The van der Waals surface area contributed by atoms with Crippen LogP contribution in [0, 0.1) is 6.92 Å². The minimum Gasteiger partial charge on any atom is -0.485 e. The average Bonchev–Trinajstić information content (AvgIpc) is 2.96. The molecule has 0 aliphatic carbocycles. The summed E-state index contributed by atoms with van der Waals surface area (Å²) in [6.07, 6.45) is 0.356. The van der Waals surface area contributed by atoms with E-state index in [-0.39, 0.29) is 18.6 Å². The first-order valence-electron chi connectivity index (χ1n) is 8.71. The number of aromatic nitrogens is 2. The molecule has 3 rings (SSSR count). The maximum atomic E-state index is 12.7. The number of rotatable bonds is 4. The van der Waals surface area contributed by atoms with Crippen LogP contribution in [0.5, 0.6) is 5.75 Å². The number of hydrogen-bond donors (Lipinski definition) is 0. The van der Waals surface area contributed by atoms with E-state index < -0.39 is 0 Å². The number of hydrogen-bond acceptors (Lipinski definition) is 7. The third-order valence-corrected chi connectivity index (χ3v) is 4.25. The number of methoxy groups -OCH3 is 1. The van der Waals surface area contributed by atoms with E-state index >= 15 is 0 Å². The van der Waals surface area contributed by atoms with Crippen molar-refractivity contribution in [1.82, 2.24) is 19.9 Å². The Bertz CT molecular complexity index is 789. The molecule has 9 heteroatoms. The number of amides is 2. The molecule has 1 saturated heterocycles. The highest BCUT2D eigenvalue weighted by Crippen LogP contribution is 2.16. The van der Waals surface area contributed by atoms with Gasteiger partial charge in [0.1, 0.15) is 5.75 Å². The molecule has 1 fully saturated rings. The van der Waals surface area contributed by atoms with Crippen LogP contribution in [0.15, 0.2) is 28.8 Å². The Balaban J connectivity index is 1.56. The molecule has 0 unspecified atom stereocenters. The Morgan fingerprint density at radius 2 is 1.81 bits per heavy atom. The largest absolute Gasteiger partial charge is 0.485 e. The van der Waals surface area contributed by atoms with Gasteiger partial charge in [-0.1, -0.05) is 5.16 Å². The quantitative estimate of drug-likeness (QED) is 0.806. The van der Waals surface area contributed by atoms with Crippen molar-refractivity contribution in [3.63, 3.8) is 0 Å². The highest BCUT2D eigenvalue weighted by molar-refractivity contribution is 5.94. The first kappa shape index (κ1) is 18.7. The van der Waals surface area contributed by atoms with E-state index in [0.29, 0.717) is 55.6 Å². The summed E-state index contributed by atoms with van der Waals surface area (Å²) < 4.78 is 15.2. The fourth-order valence-corrected chi connectivity index (χ4v) is 2.86. The Kier molecular flexibility index (Phi) is 5.90. The molecule has 0 radical (unpaired) electrons. The molecule has 27 heavy (non-hydrogen) atoms. The van der Waals surface area contributed by atoms with Gasteiger partial charge in [0.2, 0.25) is 11.7 Å². The van der Waals surface area contributed by atoms with E-state index in [1.165, 1.54) is 7.11 Å². The second-order valence-electron chi connectivity index (χ2n) is 6.15. The van der Waals surface area contributed by atoms with Crippen molar-refractivity contribution < 1.29 is 23.6 Å². The molecule has 0 bridgehead atoms. The van der Waals surface area contributed by atoms with Crippen LogP contribution in [0.2, 0.25) is 0 Å². The van der Waals surface area contributed by atoms with E-state index in [0.717, 1.165) is 0 Å². The zero-order valence-corrected chi connectivity index (χ0v) is 15.4. The van der Waals surface area contributed by atoms with Crippen LogP contribution in [0.3, 0.4) is 0 Å². The summed E-state index contributed by atoms with van der Waals surface area (Å²) in [4.78, 5) is 31.8. The number of ether oxygens (including phenoxy) is 2. The van der Waals surface area contributed by atoms with Crippen LogP contribution in [0.4, 0.5) is 4.79 Å². The van der Waals surface area contributed by atoms with Crippen molar-refractivity contribution in [3.05, 3.63) is 41.5 Å². The zero-order valence-electron chi connectivity index (χ0n) is 15.4. The minimum absolute atomic E-state index is 0.0675. The van der Waals surface area contributed by atoms with Gasteiger partial charge in [0.25, 0.3) is 5.91 Å². The third kappa shape index (κ3) is 4.75. The zero-order chi connectivity index (χ0) is 19.2. The van der Waals surface area contributed by atoms with Crippen LogP contribution < -0.4 is 4.74 Å². The summed E-state index contributed by atoms with van der Waals surface area (Å²) in [5, 5.41) is 3.76. The summed E-state index contributed by atoms with van der Waals surface area (Å²) in [7, 11) is 1.36. The van der Waals surface area contributed by atoms with Crippen LogP contribution in [-0.2, 0) is 11.3 Å². The van der Waals surface area contributed by atoms with Gasteiger partial charge in [0.15, 0.2) is 6.61 Å². The summed E-state index contributed by atoms with van der Waals surface area (Å²) in [6.45, 7) is 4.03. The van der Waals surface area contributed by atoms with Crippen LogP contribution in [0.1, 0.15) is 28.5 Å². The molecule has 1 aliphatic heterocycles. The Morgan fingerprint density at radius 3 is 2.48 bits per heavy atom. The van der Waals surface area contributed by atoms with Gasteiger partial charge in [-0.25, -0.2) is 4.79 Å². The fraction of sp³-hybridized carbons (Fsp3) is 0.444. The second-order valence-corrected chi connectivity index (χ2v) is 6.15. The van der Waals surface area contributed by atoms with E-state index in [9.17, 15) is 9.59 Å². The van der Waals surface area contributed by atoms with Gasteiger partial charge in [0, 0.05) is 38.7 Å². The van der Waals surface area contributed by atoms with Crippen LogP contribution in [0.25, 0.3) is 0 Å². The van der Waals surface area contributed by atoms with Crippen LogP contribution >= 0.6 is 0 Å². The molecule has 1 aromatic carbocycles. The lowest BCUT2D eigenvalue weighted by Gasteiger charge is -2.21. The molecule has 1 aromatic heterocycles. The normalized spacial score (nSPS) is 14.6. The molecular weight excluding hydrogens is 352 g/mol. The van der Waals surface area contributed by atoms with E-state index in [1.807, 2.05) is 0 Å². The fourth-order valence-electron chi connectivity index (χ4n) is 2.86. The number of nitrogens with zero attached hydrogens (tertiary/aromatic N) is 4. The maximum Gasteiger partial charge on any atom is 0.409 e. The molecule has 9 nitrogen and oxygen atoms in total. The summed E-state index contributed by atoms with van der Waals surface area (Å²) in [5.74, 6) is 1.49. The van der Waals surface area contributed by atoms with E-state index in [1.54, 1.807) is 41.0 Å². The number of carbonyl (C=O) groups is 2. The third-order valence-electron chi connectivity index (χ3n) is 4.25. The van der Waals surface area contributed by atoms with Gasteiger partial charge in [-0.3, -0.25) is 4.79 Å². The molecule has 144 valence electrons. The van der Waals surface area contributed by atoms with Gasteiger partial charge < -0.3 is 23.8 Å². The number of carbonyl (C=O) groups excluding carboxylic acids is 2. The Labute approximate surface area is 156 Å². The van der Waals surface area contributed by atoms with Crippen molar-refractivity contribution in [2.75, 3.05) is 33.3 Å². The van der Waals surface area contributed by atoms with Crippen molar-refractivity contribution in [2.45, 2.75) is 20.0 Å². The number of benzene rings is 1. The van der Waals surface area contributed by atoms with Gasteiger partial charge in [-0.15, -0.1) is 0 Å². The standard InChI is InChI=1S/C18H22N4O5/c1-13-19-16(20-27-13)12-26-15-6-4-14(5-7-15)17(23)21-8-3-9-22(11-10-21)18(24)25-2/h4-7H,3,8-12H2,1-2H3. The van der Waals surface area contributed by atoms with Gasteiger partial charge in [-0.05, 0) is 30.7 Å². The average molecular weight is 374 g/mol. The predicted molar refractivity (Wildman–Crippen MR) is 94.3 cm³/mol. The van der Waals surface area contributed by atoms with Gasteiger partial charge in [0.05, 0.1) is 7.11 Å². The lowest BCUT2D eigenvalue weighted by molar-refractivity contribution is 0.0757. The molecule has 2 aromatic rings. The monoisotopic (exact) mass is 374 g/mol. The first-order chi connectivity index (χ1) is 13.1. The van der Waals surface area contributed by atoms with Crippen LogP contribution in [-0.4, -0.2) is 65.2 Å². The molecule has 0 spiro atoms. The topological polar surface area (TPSA) is 98.0 Å². The molecule has 2 amide bonds. The van der Waals surface area contributed by atoms with Crippen molar-refractivity contribution in [1.29, 1.82) is 0 Å². The molecule has 0 saturated carbocycles. The Hall–Kier alpha value is -3.10. The molecule has 0 atom stereocenters. The highest BCUT2D eigenvalue weighted by Gasteiger charge is 2.23. The molecule has 1 aliphatic rings. The lowest BCUT2D eigenvalue weighted by Crippen LogP contribution is -2.37. The van der Waals surface area contributed by atoms with Crippen molar-refractivity contribution >= 4 is 12.0 Å². The van der Waals surface area contributed by atoms with E-state index in [2.05, 4.69) is 10.1 Å². The van der Waals surface area contributed by atoms with Crippen molar-refractivity contribution in [3.8, 4) is 5.75 Å². The maximum absolute atomic E-state index is 12.7. The Morgan fingerprint density at radius 1 is 1.11 bits per heavy atom. The van der Waals surface area contributed by atoms with Crippen molar-refractivity contribution in [2.24, 2.45) is 0 Å². The van der Waals surface area contributed by atoms with Gasteiger partial charge in [-0.2, -0.15) is 4.98 Å². The van der Waals surface area contributed by atoms with Gasteiger partial charge >= 0.3 is 6.09 Å². The molecular formula is C18H22N4O5. The summed E-state index contributed by atoms with van der Waals surface area (Å²) in [6, 6.07) is 6.92.